The largest absolute Gasteiger partial charge is 0.359 e. The maximum absolute atomic E-state index is 12.2. The zero-order valence-electron chi connectivity index (χ0n) is 13.3. The van der Waals surface area contributed by atoms with Gasteiger partial charge in [0.15, 0.2) is 5.82 Å². The van der Waals surface area contributed by atoms with Crippen molar-refractivity contribution in [2.24, 2.45) is 0 Å². The molecule has 0 atom stereocenters. The van der Waals surface area contributed by atoms with Crippen molar-refractivity contribution in [3.8, 4) is 0 Å². The number of amides is 1. The fourth-order valence-electron chi connectivity index (χ4n) is 2.75. The van der Waals surface area contributed by atoms with Crippen molar-refractivity contribution in [1.82, 2.24) is 9.88 Å². The number of fused-ring (bicyclic) bond motifs is 1. The normalized spacial score (nSPS) is 14.2. The van der Waals surface area contributed by atoms with Crippen LogP contribution in [0.5, 0.6) is 0 Å². The van der Waals surface area contributed by atoms with Crippen LogP contribution in [0.2, 0.25) is 0 Å². The first-order chi connectivity index (χ1) is 11.5. The molecule has 0 saturated carbocycles. The van der Waals surface area contributed by atoms with E-state index in [1.807, 2.05) is 0 Å². The Kier molecular flexibility index (Phi) is 4.68. The molecule has 0 radical (unpaired) electrons. The highest BCUT2D eigenvalue weighted by Crippen LogP contribution is 2.27. The molecule has 1 aromatic carbocycles. The first-order valence-corrected chi connectivity index (χ1v) is 9.27. The molecule has 1 aliphatic rings. The monoisotopic (exact) mass is 349 g/mol. The number of nitrogens with zero attached hydrogens (tertiary/aromatic N) is 1. The number of hydrogen-bond acceptors (Lipinski definition) is 5. The summed E-state index contributed by atoms with van der Waals surface area (Å²) in [5.41, 5.74) is 1.71. The number of aryl methyl sites for hydroxylation is 1. The summed E-state index contributed by atoms with van der Waals surface area (Å²) >= 11 is 0. The molecule has 24 heavy (non-hydrogen) atoms. The van der Waals surface area contributed by atoms with Crippen LogP contribution in [-0.4, -0.2) is 26.5 Å². The lowest BCUT2D eigenvalue weighted by Gasteiger charge is -2.09. The minimum Gasteiger partial charge on any atom is -0.359 e. The van der Waals surface area contributed by atoms with E-state index in [0.29, 0.717) is 5.82 Å². The summed E-state index contributed by atoms with van der Waals surface area (Å²) in [6.07, 6.45) is 4.02. The quantitative estimate of drug-likeness (QED) is 0.854. The van der Waals surface area contributed by atoms with Crippen LogP contribution in [0, 0.1) is 0 Å². The van der Waals surface area contributed by atoms with Crippen LogP contribution in [0.15, 0.2) is 33.7 Å². The molecule has 1 heterocycles. The van der Waals surface area contributed by atoms with E-state index < -0.39 is 10.0 Å². The van der Waals surface area contributed by atoms with Crippen molar-refractivity contribution >= 4 is 21.7 Å². The molecule has 0 saturated heterocycles. The van der Waals surface area contributed by atoms with E-state index in [-0.39, 0.29) is 17.2 Å². The van der Waals surface area contributed by atoms with Gasteiger partial charge in [0.05, 0.1) is 11.3 Å². The Bertz CT molecular complexity index is 841. The SMILES string of the molecule is CNS(=O)(=O)c1ccc(CC(=O)Nc2noc3c2CCCC3)cc1. The number of carbonyl (C=O) groups excluding carboxylic acids is 1. The van der Waals surface area contributed by atoms with Gasteiger partial charge in [-0.2, -0.15) is 0 Å². The van der Waals surface area contributed by atoms with E-state index in [0.717, 1.165) is 42.6 Å². The van der Waals surface area contributed by atoms with Gasteiger partial charge in [-0.1, -0.05) is 17.3 Å². The van der Waals surface area contributed by atoms with Gasteiger partial charge in [-0.05, 0) is 44.0 Å². The highest BCUT2D eigenvalue weighted by Gasteiger charge is 2.20. The van der Waals surface area contributed by atoms with Gasteiger partial charge in [0.25, 0.3) is 0 Å². The molecule has 1 amide bonds. The van der Waals surface area contributed by atoms with Crippen LogP contribution in [0.1, 0.15) is 29.7 Å². The standard InChI is InChI=1S/C16H19N3O4S/c1-17-24(21,22)12-8-6-11(7-9-12)10-15(20)18-16-13-4-2-3-5-14(13)23-19-16/h6-9,17H,2-5,10H2,1H3,(H,18,19,20). The van der Waals surface area contributed by atoms with Gasteiger partial charge in [-0.25, -0.2) is 13.1 Å². The Hall–Kier alpha value is -2.19. The Morgan fingerprint density at radius 1 is 1.21 bits per heavy atom. The molecular formula is C16H19N3O4S. The maximum atomic E-state index is 12.2. The summed E-state index contributed by atoms with van der Waals surface area (Å²) in [6.45, 7) is 0. The Morgan fingerprint density at radius 2 is 1.92 bits per heavy atom. The summed E-state index contributed by atoms with van der Waals surface area (Å²) in [6, 6.07) is 6.21. The summed E-state index contributed by atoms with van der Waals surface area (Å²) in [4.78, 5) is 12.3. The molecule has 0 bridgehead atoms. The van der Waals surface area contributed by atoms with Crippen molar-refractivity contribution in [3.63, 3.8) is 0 Å². The third-order valence-corrected chi connectivity index (χ3v) is 5.51. The number of sulfonamides is 1. The van der Waals surface area contributed by atoms with Gasteiger partial charge in [-0.3, -0.25) is 4.79 Å². The zero-order chi connectivity index (χ0) is 17.2. The summed E-state index contributed by atoms with van der Waals surface area (Å²) in [5.74, 6) is 1.16. The Morgan fingerprint density at radius 3 is 2.62 bits per heavy atom. The van der Waals surface area contributed by atoms with Crippen LogP contribution < -0.4 is 10.0 Å². The molecule has 0 unspecified atom stereocenters. The van der Waals surface area contributed by atoms with E-state index in [1.54, 1.807) is 12.1 Å². The smallest absolute Gasteiger partial charge is 0.240 e. The number of aromatic nitrogens is 1. The Labute approximate surface area is 140 Å². The molecule has 1 aromatic heterocycles. The van der Waals surface area contributed by atoms with Crippen LogP contribution >= 0.6 is 0 Å². The number of rotatable bonds is 5. The highest BCUT2D eigenvalue weighted by molar-refractivity contribution is 7.89. The number of benzene rings is 1. The summed E-state index contributed by atoms with van der Waals surface area (Å²) in [5, 5.41) is 6.72. The zero-order valence-corrected chi connectivity index (χ0v) is 14.1. The first-order valence-electron chi connectivity index (χ1n) is 7.79. The third kappa shape index (κ3) is 3.49. The molecule has 0 spiro atoms. The second-order valence-corrected chi connectivity index (χ2v) is 7.60. The van der Waals surface area contributed by atoms with Gasteiger partial charge in [-0.15, -0.1) is 0 Å². The van der Waals surface area contributed by atoms with Crippen molar-refractivity contribution in [1.29, 1.82) is 0 Å². The number of anilines is 1. The third-order valence-electron chi connectivity index (χ3n) is 4.08. The average Bonchev–Trinajstić information content (AvgIpc) is 2.98. The predicted octanol–water partition coefficient (Wildman–Crippen LogP) is 1.64. The van der Waals surface area contributed by atoms with Crippen LogP contribution in [-0.2, 0) is 34.1 Å². The van der Waals surface area contributed by atoms with Gasteiger partial charge >= 0.3 is 0 Å². The molecule has 2 aromatic rings. The van der Waals surface area contributed by atoms with E-state index in [4.69, 9.17) is 4.52 Å². The molecule has 0 fully saturated rings. The number of carbonyl (C=O) groups is 1. The van der Waals surface area contributed by atoms with Gasteiger partial charge in [0, 0.05) is 12.0 Å². The van der Waals surface area contributed by atoms with Gasteiger partial charge in [0.1, 0.15) is 5.76 Å². The van der Waals surface area contributed by atoms with Crippen LogP contribution in [0.4, 0.5) is 5.82 Å². The number of hydrogen-bond donors (Lipinski definition) is 2. The molecule has 1 aliphatic carbocycles. The maximum Gasteiger partial charge on any atom is 0.240 e. The minimum absolute atomic E-state index is 0.140. The molecule has 2 N–H and O–H groups in total. The molecule has 7 nitrogen and oxygen atoms in total. The minimum atomic E-state index is -3.47. The van der Waals surface area contributed by atoms with E-state index in [1.165, 1.54) is 19.2 Å². The van der Waals surface area contributed by atoms with E-state index in [9.17, 15) is 13.2 Å². The van der Waals surface area contributed by atoms with Crippen LogP contribution in [0.25, 0.3) is 0 Å². The van der Waals surface area contributed by atoms with Gasteiger partial charge in [0.2, 0.25) is 15.9 Å². The second kappa shape index (κ2) is 6.74. The lowest BCUT2D eigenvalue weighted by molar-refractivity contribution is -0.115. The fraction of sp³-hybridized carbons (Fsp3) is 0.375. The summed E-state index contributed by atoms with van der Waals surface area (Å²) in [7, 11) is -2.11. The lowest BCUT2D eigenvalue weighted by atomic mass is 9.98. The number of nitrogens with one attached hydrogen (secondary N) is 2. The van der Waals surface area contributed by atoms with Crippen molar-refractivity contribution in [2.75, 3.05) is 12.4 Å². The van der Waals surface area contributed by atoms with Crippen molar-refractivity contribution in [3.05, 3.63) is 41.2 Å². The lowest BCUT2D eigenvalue weighted by Crippen LogP contribution is -2.19. The molecule has 0 aliphatic heterocycles. The predicted molar refractivity (Wildman–Crippen MR) is 88.2 cm³/mol. The van der Waals surface area contributed by atoms with E-state index >= 15 is 0 Å². The highest BCUT2D eigenvalue weighted by atomic mass is 32.2. The molecule has 128 valence electrons. The van der Waals surface area contributed by atoms with Gasteiger partial charge < -0.3 is 9.84 Å². The van der Waals surface area contributed by atoms with Crippen molar-refractivity contribution in [2.45, 2.75) is 37.0 Å². The Balaban J connectivity index is 1.66. The second-order valence-electron chi connectivity index (χ2n) is 5.72. The summed E-state index contributed by atoms with van der Waals surface area (Å²) < 4.78 is 30.9. The fourth-order valence-corrected chi connectivity index (χ4v) is 3.48. The average molecular weight is 349 g/mol. The molecule has 8 heteroatoms. The molecule has 3 rings (SSSR count). The topological polar surface area (TPSA) is 101 Å². The van der Waals surface area contributed by atoms with Crippen LogP contribution in [0.3, 0.4) is 0 Å². The van der Waals surface area contributed by atoms with Crippen molar-refractivity contribution < 1.29 is 17.7 Å². The molecular weight excluding hydrogens is 330 g/mol. The first kappa shape index (κ1) is 16.7. The van der Waals surface area contributed by atoms with E-state index in [2.05, 4.69) is 15.2 Å².